The number of rotatable bonds is 3. The van der Waals surface area contributed by atoms with Crippen LogP contribution in [-0.4, -0.2) is 39.4 Å². The number of nitrogens with zero attached hydrogens (tertiary/aromatic N) is 2. The Morgan fingerprint density at radius 2 is 2.09 bits per heavy atom. The van der Waals surface area contributed by atoms with E-state index in [9.17, 15) is 24.8 Å². The van der Waals surface area contributed by atoms with Crippen LogP contribution < -0.4 is 0 Å². The van der Waals surface area contributed by atoms with E-state index in [-0.39, 0.29) is 22.4 Å². The zero-order valence-corrected chi connectivity index (χ0v) is 12.9. The molecule has 1 amide bonds. The first-order valence-electron chi connectivity index (χ1n) is 7.38. The summed E-state index contributed by atoms with van der Waals surface area (Å²) in [5.41, 5.74) is -0.519. The van der Waals surface area contributed by atoms with Gasteiger partial charge in [-0.1, -0.05) is 18.0 Å². The maximum absolute atomic E-state index is 12.7. The lowest BCUT2D eigenvalue weighted by molar-refractivity contribution is -0.385. The van der Waals surface area contributed by atoms with E-state index in [1.165, 1.54) is 17.0 Å². The van der Waals surface area contributed by atoms with Crippen LogP contribution >= 0.6 is 11.6 Å². The van der Waals surface area contributed by atoms with Crippen LogP contribution in [-0.2, 0) is 4.79 Å². The number of nitro groups is 1. The molecule has 1 saturated carbocycles. The van der Waals surface area contributed by atoms with Gasteiger partial charge in [-0.15, -0.1) is 0 Å². The van der Waals surface area contributed by atoms with Crippen LogP contribution in [0.1, 0.15) is 29.6 Å². The largest absolute Gasteiger partial charge is 0.480 e. The van der Waals surface area contributed by atoms with Crippen LogP contribution in [0.3, 0.4) is 0 Å². The van der Waals surface area contributed by atoms with Gasteiger partial charge in [-0.05, 0) is 36.8 Å². The molecule has 3 unspecified atom stereocenters. The number of carbonyl (C=O) groups is 2. The fraction of sp³-hybridized carbons (Fsp3) is 0.467. The fourth-order valence-electron chi connectivity index (χ4n) is 3.82. The Labute approximate surface area is 137 Å². The Hall–Kier alpha value is -2.15. The number of fused-ring (bicyclic) bond motifs is 1. The van der Waals surface area contributed by atoms with E-state index in [1.54, 1.807) is 0 Å². The minimum atomic E-state index is -1.05. The van der Waals surface area contributed by atoms with E-state index in [0.29, 0.717) is 6.54 Å². The van der Waals surface area contributed by atoms with E-state index in [1.807, 2.05) is 0 Å². The third-order valence-electron chi connectivity index (χ3n) is 4.79. The Kier molecular flexibility index (Phi) is 3.97. The number of likely N-dealkylation sites (tertiary alicyclic amines) is 1. The summed E-state index contributed by atoms with van der Waals surface area (Å²) < 4.78 is 0. The minimum absolute atomic E-state index is 0.0668. The normalized spacial score (nSPS) is 26.1. The lowest BCUT2D eigenvalue weighted by Crippen LogP contribution is -2.43. The predicted molar refractivity (Wildman–Crippen MR) is 81.4 cm³/mol. The average molecular weight is 339 g/mol. The molecule has 1 saturated heterocycles. The van der Waals surface area contributed by atoms with Crippen molar-refractivity contribution in [1.82, 2.24) is 4.90 Å². The zero-order valence-electron chi connectivity index (χ0n) is 12.1. The van der Waals surface area contributed by atoms with Gasteiger partial charge in [0.15, 0.2) is 0 Å². The molecule has 3 atom stereocenters. The van der Waals surface area contributed by atoms with Crippen molar-refractivity contribution < 1.29 is 19.6 Å². The molecular formula is C15H15ClN2O5. The number of carbonyl (C=O) groups excluding carboxylic acids is 1. The molecule has 3 rings (SSSR count). The summed E-state index contributed by atoms with van der Waals surface area (Å²) in [7, 11) is 0. The van der Waals surface area contributed by atoms with Gasteiger partial charge in [0.1, 0.15) is 11.6 Å². The van der Waals surface area contributed by atoms with Gasteiger partial charge in [0.05, 0.1) is 4.92 Å². The summed E-state index contributed by atoms with van der Waals surface area (Å²) in [6.07, 6.45) is 2.62. The van der Waals surface area contributed by atoms with Crippen molar-refractivity contribution in [3.05, 3.63) is 38.9 Å². The highest BCUT2D eigenvalue weighted by atomic mass is 35.5. The molecule has 1 N–H and O–H groups in total. The van der Waals surface area contributed by atoms with Crippen molar-refractivity contribution in [2.75, 3.05) is 6.54 Å². The first-order chi connectivity index (χ1) is 10.9. The number of carboxylic acids is 1. The first kappa shape index (κ1) is 15.7. The highest BCUT2D eigenvalue weighted by molar-refractivity contribution is 6.31. The Morgan fingerprint density at radius 1 is 1.35 bits per heavy atom. The maximum atomic E-state index is 12.7. The van der Waals surface area contributed by atoms with E-state index >= 15 is 0 Å². The quantitative estimate of drug-likeness (QED) is 0.674. The van der Waals surface area contributed by atoms with Gasteiger partial charge >= 0.3 is 5.97 Å². The topological polar surface area (TPSA) is 101 Å². The summed E-state index contributed by atoms with van der Waals surface area (Å²) in [4.78, 5) is 36.1. The molecule has 1 aromatic rings. The summed E-state index contributed by atoms with van der Waals surface area (Å²) in [5.74, 6) is -1.58. The van der Waals surface area contributed by atoms with Gasteiger partial charge in [-0.2, -0.15) is 0 Å². The number of aliphatic carboxylic acids is 1. The summed E-state index contributed by atoms with van der Waals surface area (Å²) in [6.45, 7) is 0.334. The molecule has 0 spiro atoms. The molecule has 1 aliphatic carbocycles. The molecule has 1 heterocycles. The second-order valence-electron chi connectivity index (χ2n) is 6.01. The lowest BCUT2D eigenvalue weighted by atomic mass is 9.94. The SMILES string of the molecule is O=C(O)C1C2CCCC2CN1C(=O)c1ccc(Cl)cc1[N+](=O)[O-]. The minimum Gasteiger partial charge on any atom is -0.480 e. The molecule has 0 bridgehead atoms. The number of hydrogen-bond acceptors (Lipinski definition) is 4. The second-order valence-corrected chi connectivity index (χ2v) is 6.45. The highest BCUT2D eigenvalue weighted by Crippen LogP contribution is 2.43. The average Bonchev–Trinajstić information content (AvgIpc) is 3.06. The van der Waals surface area contributed by atoms with Gasteiger partial charge in [0.2, 0.25) is 0 Å². The van der Waals surface area contributed by atoms with Crippen molar-refractivity contribution in [2.45, 2.75) is 25.3 Å². The smallest absolute Gasteiger partial charge is 0.326 e. The van der Waals surface area contributed by atoms with Gasteiger partial charge in [0.25, 0.3) is 11.6 Å². The number of halogens is 1. The number of benzene rings is 1. The molecule has 7 nitrogen and oxygen atoms in total. The lowest BCUT2D eigenvalue weighted by Gasteiger charge is -2.24. The van der Waals surface area contributed by atoms with Crippen LogP contribution in [0, 0.1) is 22.0 Å². The maximum Gasteiger partial charge on any atom is 0.326 e. The molecule has 2 fully saturated rings. The van der Waals surface area contributed by atoms with Crippen LogP contribution in [0.4, 0.5) is 5.69 Å². The van der Waals surface area contributed by atoms with E-state index < -0.39 is 28.5 Å². The summed E-state index contributed by atoms with van der Waals surface area (Å²) in [5, 5.41) is 20.8. The predicted octanol–water partition coefficient (Wildman–Crippen LogP) is 2.57. The van der Waals surface area contributed by atoms with Crippen LogP contribution in [0.2, 0.25) is 5.02 Å². The number of amides is 1. The van der Waals surface area contributed by atoms with Crippen molar-refractivity contribution in [3.8, 4) is 0 Å². The highest BCUT2D eigenvalue weighted by Gasteiger charge is 2.50. The summed E-state index contributed by atoms with van der Waals surface area (Å²) >= 11 is 5.76. The van der Waals surface area contributed by atoms with Crippen LogP contribution in [0.5, 0.6) is 0 Å². The second kappa shape index (κ2) is 5.81. The van der Waals surface area contributed by atoms with Crippen LogP contribution in [0.25, 0.3) is 0 Å². The zero-order chi connectivity index (χ0) is 16.7. The Balaban J connectivity index is 1.97. The number of hydrogen-bond donors (Lipinski definition) is 1. The molecule has 0 aromatic heterocycles. The third-order valence-corrected chi connectivity index (χ3v) is 5.03. The molecule has 122 valence electrons. The van der Waals surface area contributed by atoms with Crippen molar-refractivity contribution in [3.63, 3.8) is 0 Å². The Morgan fingerprint density at radius 3 is 2.74 bits per heavy atom. The monoisotopic (exact) mass is 338 g/mol. The van der Waals surface area contributed by atoms with Gasteiger partial charge in [-0.3, -0.25) is 14.9 Å². The first-order valence-corrected chi connectivity index (χ1v) is 7.75. The molecule has 2 aliphatic rings. The van der Waals surface area contributed by atoms with Gasteiger partial charge in [0, 0.05) is 17.6 Å². The number of carboxylic acid groups (broad SMARTS) is 1. The van der Waals surface area contributed by atoms with Gasteiger partial charge < -0.3 is 10.0 Å². The Bertz CT molecular complexity index is 692. The van der Waals surface area contributed by atoms with E-state index in [4.69, 9.17) is 11.6 Å². The third kappa shape index (κ3) is 2.65. The van der Waals surface area contributed by atoms with Crippen molar-refractivity contribution in [2.24, 2.45) is 11.8 Å². The van der Waals surface area contributed by atoms with E-state index in [0.717, 1.165) is 25.3 Å². The summed E-state index contributed by atoms with van der Waals surface area (Å²) in [6, 6.07) is 2.89. The fourth-order valence-corrected chi connectivity index (χ4v) is 3.99. The van der Waals surface area contributed by atoms with Crippen molar-refractivity contribution in [1.29, 1.82) is 0 Å². The van der Waals surface area contributed by atoms with E-state index in [2.05, 4.69) is 0 Å². The number of nitro benzene ring substituents is 1. The van der Waals surface area contributed by atoms with Crippen molar-refractivity contribution >= 4 is 29.2 Å². The molecule has 1 aromatic carbocycles. The molecule has 23 heavy (non-hydrogen) atoms. The molecule has 0 radical (unpaired) electrons. The molecular weight excluding hydrogens is 324 g/mol. The van der Waals surface area contributed by atoms with Gasteiger partial charge in [-0.25, -0.2) is 4.79 Å². The molecule has 1 aliphatic heterocycles. The standard InChI is InChI=1S/C15H15ClN2O5/c16-9-4-5-11(12(6-9)18(22)23)14(19)17-7-8-2-1-3-10(8)13(17)15(20)21/h4-6,8,10,13H,1-3,7H2,(H,20,21). The van der Waals surface area contributed by atoms with Crippen LogP contribution in [0.15, 0.2) is 18.2 Å². The molecule has 8 heteroatoms.